The van der Waals surface area contributed by atoms with Gasteiger partial charge in [-0.2, -0.15) is 0 Å². The van der Waals surface area contributed by atoms with E-state index in [9.17, 15) is 4.79 Å². The van der Waals surface area contributed by atoms with Crippen LogP contribution >= 0.6 is 0 Å². The molecule has 16 heavy (non-hydrogen) atoms. The third-order valence-corrected chi connectivity index (χ3v) is 2.61. The van der Waals surface area contributed by atoms with Gasteiger partial charge in [-0.1, -0.05) is 6.07 Å². The molecule has 2 aromatic rings. The van der Waals surface area contributed by atoms with Gasteiger partial charge >= 0.3 is 5.97 Å². The maximum absolute atomic E-state index is 10.4. The number of unbranched alkanes of at least 4 members (excludes halogenated alkanes) is 1. The van der Waals surface area contributed by atoms with Crippen LogP contribution in [0, 0.1) is 0 Å². The van der Waals surface area contributed by atoms with Crippen LogP contribution in [0.3, 0.4) is 0 Å². The smallest absolute Gasteiger partial charge is 0.303 e. The summed E-state index contributed by atoms with van der Waals surface area (Å²) in [6.45, 7) is 0. The lowest BCUT2D eigenvalue weighted by molar-refractivity contribution is -0.137. The molecular formula is C12H14N2O2. The Morgan fingerprint density at radius 2 is 2.25 bits per heavy atom. The predicted octanol–water partition coefficient (Wildman–Crippen LogP) is 2.13. The minimum atomic E-state index is -0.721. The molecule has 4 heteroatoms. The van der Waals surface area contributed by atoms with Gasteiger partial charge in [-0.3, -0.25) is 4.79 Å². The first-order valence-corrected chi connectivity index (χ1v) is 5.39. The molecule has 0 amide bonds. The Kier molecular flexibility index (Phi) is 3.19. The highest BCUT2D eigenvalue weighted by Crippen LogP contribution is 2.10. The summed E-state index contributed by atoms with van der Waals surface area (Å²) in [5, 5.41) is 8.53. The van der Waals surface area contributed by atoms with Crippen LogP contribution in [0.2, 0.25) is 0 Å². The van der Waals surface area contributed by atoms with Crippen LogP contribution in [0.1, 0.15) is 25.0 Å². The molecule has 2 heterocycles. The molecule has 4 nitrogen and oxygen atoms in total. The lowest BCUT2D eigenvalue weighted by Crippen LogP contribution is -1.98. The fourth-order valence-corrected chi connectivity index (χ4v) is 1.79. The molecular weight excluding hydrogens is 204 g/mol. The molecule has 0 aliphatic carbocycles. The van der Waals surface area contributed by atoms with Gasteiger partial charge in [0.25, 0.3) is 0 Å². The first-order valence-electron chi connectivity index (χ1n) is 5.39. The van der Waals surface area contributed by atoms with E-state index in [0.717, 1.165) is 24.8 Å². The van der Waals surface area contributed by atoms with Crippen molar-refractivity contribution >= 4 is 11.5 Å². The average molecular weight is 218 g/mol. The molecule has 1 N–H and O–H groups in total. The number of carboxylic acid groups (broad SMARTS) is 1. The number of hydrogen-bond acceptors (Lipinski definition) is 2. The van der Waals surface area contributed by atoms with E-state index < -0.39 is 5.97 Å². The van der Waals surface area contributed by atoms with E-state index >= 15 is 0 Å². The first kappa shape index (κ1) is 10.7. The topological polar surface area (TPSA) is 54.6 Å². The average Bonchev–Trinajstić information content (AvgIpc) is 2.72. The third kappa shape index (κ3) is 2.39. The summed E-state index contributed by atoms with van der Waals surface area (Å²) in [5.41, 5.74) is 2.26. The highest BCUT2D eigenvalue weighted by molar-refractivity contribution is 5.66. The summed E-state index contributed by atoms with van der Waals surface area (Å²) in [7, 11) is 0. The van der Waals surface area contributed by atoms with Gasteiger partial charge in [-0.15, -0.1) is 0 Å². The van der Waals surface area contributed by atoms with Gasteiger partial charge in [-0.05, 0) is 31.4 Å². The fraction of sp³-hybridized carbons (Fsp3) is 0.333. The SMILES string of the molecule is O=C(O)CCCCc1cccc2cncn12. The molecule has 2 aromatic heterocycles. The molecule has 0 aliphatic rings. The van der Waals surface area contributed by atoms with E-state index in [1.54, 1.807) is 6.33 Å². The Hall–Kier alpha value is -1.84. The maximum atomic E-state index is 10.4. The maximum Gasteiger partial charge on any atom is 0.303 e. The zero-order valence-electron chi connectivity index (χ0n) is 8.97. The second-order valence-corrected chi connectivity index (χ2v) is 3.81. The molecule has 0 aromatic carbocycles. The Balaban J connectivity index is 1.98. The molecule has 0 radical (unpaired) electrons. The molecule has 0 spiro atoms. The molecule has 0 aliphatic heterocycles. The Labute approximate surface area is 93.5 Å². The zero-order valence-corrected chi connectivity index (χ0v) is 8.97. The minimum Gasteiger partial charge on any atom is -0.481 e. The summed E-state index contributed by atoms with van der Waals surface area (Å²) in [6.07, 6.45) is 6.37. The summed E-state index contributed by atoms with van der Waals surface area (Å²) >= 11 is 0. The molecule has 0 saturated heterocycles. The lowest BCUT2D eigenvalue weighted by Gasteiger charge is -2.04. The number of pyridine rings is 1. The fourth-order valence-electron chi connectivity index (χ4n) is 1.79. The van der Waals surface area contributed by atoms with Crippen LogP contribution in [0.5, 0.6) is 0 Å². The lowest BCUT2D eigenvalue weighted by atomic mass is 10.1. The third-order valence-electron chi connectivity index (χ3n) is 2.61. The van der Waals surface area contributed by atoms with E-state index in [4.69, 9.17) is 5.11 Å². The monoisotopic (exact) mass is 218 g/mol. The second kappa shape index (κ2) is 4.79. The van der Waals surface area contributed by atoms with E-state index in [-0.39, 0.29) is 6.42 Å². The van der Waals surface area contributed by atoms with Gasteiger partial charge in [0.1, 0.15) is 0 Å². The predicted molar refractivity (Wildman–Crippen MR) is 60.4 cm³/mol. The zero-order chi connectivity index (χ0) is 11.4. The van der Waals surface area contributed by atoms with Crippen molar-refractivity contribution in [1.29, 1.82) is 0 Å². The summed E-state index contributed by atoms with van der Waals surface area (Å²) in [4.78, 5) is 14.5. The van der Waals surface area contributed by atoms with Crippen molar-refractivity contribution in [1.82, 2.24) is 9.38 Å². The number of aromatic nitrogens is 2. The van der Waals surface area contributed by atoms with Crippen LogP contribution in [-0.2, 0) is 11.2 Å². The van der Waals surface area contributed by atoms with E-state index in [1.165, 1.54) is 5.69 Å². The largest absolute Gasteiger partial charge is 0.481 e. The van der Waals surface area contributed by atoms with Gasteiger partial charge < -0.3 is 9.51 Å². The number of carboxylic acids is 1. The van der Waals surface area contributed by atoms with Crippen LogP contribution < -0.4 is 0 Å². The molecule has 0 saturated carbocycles. The quantitative estimate of drug-likeness (QED) is 0.782. The van der Waals surface area contributed by atoms with Gasteiger partial charge in [0.05, 0.1) is 18.0 Å². The normalized spacial score (nSPS) is 10.8. The number of fused-ring (bicyclic) bond motifs is 1. The second-order valence-electron chi connectivity index (χ2n) is 3.81. The Morgan fingerprint density at radius 1 is 1.38 bits per heavy atom. The van der Waals surface area contributed by atoms with Crippen LogP contribution in [-0.4, -0.2) is 20.5 Å². The highest BCUT2D eigenvalue weighted by atomic mass is 16.4. The van der Waals surface area contributed by atoms with Crippen molar-refractivity contribution in [2.45, 2.75) is 25.7 Å². The Bertz CT molecular complexity index is 490. The molecule has 2 rings (SSSR count). The summed E-state index contributed by atoms with van der Waals surface area (Å²) in [5.74, 6) is -0.721. The number of imidazole rings is 1. The van der Waals surface area contributed by atoms with Crippen molar-refractivity contribution in [3.63, 3.8) is 0 Å². The van der Waals surface area contributed by atoms with Crippen LogP contribution in [0.4, 0.5) is 0 Å². The summed E-state index contributed by atoms with van der Waals surface area (Å²) < 4.78 is 2.04. The van der Waals surface area contributed by atoms with Gasteiger partial charge in [-0.25, -0.2) is 4.98 Å². The number of aryl methyl sites for hydroxylation is 1. The van der Waals surface area contributed by atoms with E-state index in [2.05, 4.69) is 11.1 Å². The molecule has 0 unspecified atom stereocenters. The minimum absolute atomic E-state index is 0.250. The number of nitrogens with zero attached hydrogens (tertiary/aromatic N) is 2. The van der Waals surface area contributed by atoms with Crippen molar-refractivity contribution in [3.8, 4) is 0 Å². The van der Waals surface area contributed by atoms with Crippen LogP contribution in [0.15, 0.2) is 30.7 Å². The highest BCUT2D eigenvalue weighted by Gasteiger charge is 2.01. The van der Waals surface area contributed by atoms with Crippen molar-refractivity contribution in [2.75, 3.05) is 0 Å². The molecule has 0 atom stereocenters. The van der Waals surface area contributed by atoms with Crippen molar-refractivity contribution in [3.05, 3.63) is 36.4 Å². The summed E-state index contributed by atoms with van der Waals surface area (Å²) in [6, 6.07) is 6.06. The van der Waals surface area contributed by atoms with Gasteiger partial charge in [0.2, 0.25) is 0 Å². The van der Waals surface area contributed by atoms with Crippen molar-refractivity contribution in [2.24, 2.45) is 0 Å². The van der Waals surface area contributed by atoms with E-state index in [0.29, 0.717) is 0 Å². The molecule has 0 fully saturated rings. The number of rotatable bonds is 5. The van der Waals surface area contributed by atoms with E-state index in [1.807, 2.05) is 22.7 Å². The van der Waals surface area contributed by atoms with Gasteiger partial charge in [0, 0.05) is 12.1 Å². The number of aliphatic carboxylic acids is 1. The van der Waals surface area contributed by atoms with Crippen molar-refractivity contribution < 1.29 is 9.90 Å². The molecule has 84 valence electrons. The Morgan fingerprint density at radius 3 is 3.06 bits per heavy atom. The number of hydrogen-bond donors (Lipinski definition) is 1. The first-order chi connectivity index (χ1) is 7.77. The van der Waals surface area contributed by atoms with Crippen LogP contribution in [0.25, 0.3) is 5.52 Å². The molecule has 0 bridgehead atoms. The standard InChI is InChI=1S/C12H14N2O2/c15-12(16)7-2-1-4-10-5-3-6-11-8-13-9-14(10)11/h3,5-6,8-9H,1-2,4,7H2,(H,15,16). The van der Waals surface area contributed by atoms with Gasteiger partial charge in [0.15, 0.2) is 0 Å². The number of carbonyl (C=O) groups is 1.